The SMILES string of the molecule is Brc1ccc2cnc3ccccc3n12. The number of fused-ring (bicyclic) bond motifs is 3. The molecular formula is C11H7BrN2. The molecule has 3 aromatic rings. The molecule has 0 aliphatic carbocycles. The first-order valence-corrected chi connectivity index (χ1v) is 5.16. The molecule has 0 atom stereocenters. The Hall–Kier alpha value is -1.35. The van der Waals surface area contributed by atoms with Crippen molar-refractivity contribution in [2.45, 2.75) is 0 Å². The van der Waals surface area contributed by atoms with Gasteiger partial charge in [-0.25, -0.2) is 0 Å². The summed E-state index contributed by atoms with van der Waals surface area (Å²) in [6.45, 7) is 0. The Morgan fingerprint density at radius 2 is 1.93 bits per heavy atom. The predicted octanol–water partition coefficient (Wildman–Crippen LogP) is 3.25. The van der Waals surface area contributed by atoms with Crippen LogP contribution < -0.4 is 0 Å². The van der Waals surface area contributed by atoms with Gasteiger partial charge in [0.25, 0.3) is 0 Å². The van der Waals surface area contributed by atoms with E-state index in [9.17, 15) is 0 Å². The lowest BCUT2D eigenvalue weighted by atomic mass is 10.3. The van der Waals surface area contributed by atoms with Gasteiger partial charge in [-0.2, -0.15) is 0 Å². The van der Waals surface area contributed by atoms with Crippen LogP contribution in [0.15, 0.2) is 47.2 Å². The van der Waals surface area contributed by atoms with Crippen molar-refractivity contribution in [1.29, 1.82) is 0 Å². The van der Waals surface area contributed by atoms with Gasteiger partial charge in [-0.1, -0.05) is 12.1 Å². The summed E-state index contributed by atoms with van der Waals surface area (Å²) in [4.78, 5) is 4.38. The largest absolute Gasteiger partial charge is 0.301 e. The van der Waals surface area contributed by atoms with Crippen molar-refractivity contribution in [3.63, 3.8) is 0 Å². The van der Waals surface area contributed by atoms with E-state index in [0.717, 1.165) is 21.2 Å². The van der Waals surface area contributed by atoms with Crippen LogP contribution in [-0.2, 0) is 0 Å². The van der Waals surface area contributed by atoms with E-state index in [1.54, 1.807) is 0 Å². The van der Waals surface area contributed by atoms with Crippen molar-refractivity contribution in [2.24, 2.45) is 0 Å². The molecule has 0 unspecified atom stereocenters. The van der Waals surface area contributed by atoms with Gasteiger partial charge in [0.1, 0.15) is 0 Å². The van der Waals surface area contributed by atoms with E-state index in [4.69, 9.17) is 0 Å². The zero-order valence-corrected chi connectivity index (χ0v) is 8.90. The summed E-state index contributed by atoms with van der Waals surface area (Å²) in [6.07, 6.45) is 1.88. The van der Waals surface area contributed by atoms with Crippen LogP contribution in [-0.4, -0.2) is 9.38 Å². The number of nitrogens with zero attached hydrogens (tertiary/aromatic N) is 2. The summed E-state index contributed by atoms with van der Waals surface area (Å²) < 4.78 is 3.20. The second kappa shape index (κ2) is 2.82. The molecule has 0 saturated carbocycles. The Kier molecular flexibility index (Phi) is 1.61. The molecule has 0 N–H and O–H groups in total. The number of para-hydroxylation sites is 2. The van der Waals surface area contributed by atoms with Crippen molar-refractivity contribution < 1.29 is 0 Å². The highest BCUT2D eigenvalue weighted by Gasteiger charge is 2.02. The van der Waals surface area contributed by atoms with Gasteiger partial charge in [0.15, 0.2) is 0 Å². The van der Waals surface area contributed by atoms with Gasteiger partial charge in [0.05, 0.1) is 27.4 Å². The Morgan fingerprint density at radius 1 is 1.07 bits per heavy atom. The number of benzene rings is 1. The molecule has 14 heavy (non-hydrogen) atoms. The Morgan fingerprint density at radius 3 is 2.86 bits per heavy atom. The fourth-order valence-electron chi connectivity index (χ4n) is 1.68. The van der Waals surface area contributed by atoms with Crippen molar-refractivity contribution in [2.75, 3.05) is 0 Å². The lowest BCUT2D eigenvalue weighted by Gasteiger charge is -2.02. The average Bonchev–Trinajstić information content (AvgIpc) is 2.61. The Labute approximate surface area is 89.3 Å². The lowest BCUT2D eigenvalue weighted by molar-refractivity contribution is 1.19. The minimum Gasteiger partial charge on any atom is -0.301 e. The molecular weight excluding hydrogens is 240 g/mol. The van der Waals surface area contributed by atoms with E-state index < -0.39 is 0 Å². The van der Waals surface area contributed by atoms with Crippen molar-refractivity contribution in [1.82, 2.24) is 9.38 Å². The zero-order chi connectivity index (χ0) is 9.54. The standard InChI is InChI=1S/C11H7BrN2/c12-11-6-5-8-7-13-9-3-1-2-4-10(9)14(8)11/h1-7H. The molecule has 3 rings (SSSR count). The van der Waals surface area contributed by atoms with Crippen LogP contribution >= 0.6 is 15.9 Å². The molecule has 0 saturated heterocycles. The summed E-state index contributed by atoms with van der Waals surface area (Å²) >= 11 is 3.52. The number of hydrogen-bond acceptors (Lipinski definition) is 1. The molecule has 0 fully saturated rings. The third kappa shape index (κ3) is 0.990. The fraction of sp³-hybridized carbons (Fsp3) is 0. The summed E-state index contributed by atoms with van der Waals surface area (Å²) in [7, 11) is 0. The first kappa shape index (κ1) is 8.00. The molecule has 0 aliphatic heterocycles. The van der Waals surface area contributed by atoms with Gasteiger partial charge in [-0.3, -0.25) is 4.98 Å². The van der Waals surface area contributed by atoms with Gasteiger partial charge >= 0.3 is 0 Å². The quantitative estimate of drug-likeness (QED) is 0.596. The first-order valence-electron chi connectivity index (χ1n) is 4.37. The second-order valence-corrected chi connectivity index (χ2v) is 3.98. The molecule has 2 nitrogen and oxygen atoms in total. The van der Waals surface area contributed by atoms with Gasteiger partial charge in [0.2, 0.25) is 0 Å². The minimum absolute atomic E-state index is 1.01. The van der Waals surface area contributed by atoms with Crippen molar-refractivity contribution in [3.8, 4) is 0 Å². The number of hydrogen-bond donors (Lipinski definition) is 0. The zero-order valence-electron chi connectivity index (χ0n) is 7.31. The highest BCUT2D eigenvalue weighted by atomic mass is 79.9. The van der Waals surface area contributed by atoms with E-state index in [0.29, 0.717) is 0 Å². The third-order valence-corrected chi connectivity index (χ3v) is 2.94. The molecule has 0 aliphatic rings. The van der Waals surface area contributed by atoms with Crippen LogP contribution in [0.2, 0.25) is 0 Å². The average molecular weight is 247 g/mol. The van der Waals surface area contributed by atoms with E-state index in [1.807, 2.05) is 36.5 Å². The van der Waals surface area contributed by atoms with Crippen molar-refractivity contribution >= 4 is 32.5 Å². The molecule has 3 heteroatoms. The minimum atomic E-state index is 1.01. The number of rotatable bonds is 0. The molecule has 1 aromatic carbocycles. The monoisotopic (exact) mass is 246 g/mol. The Balaban J connectivity index is 2.65. The third-order valence-electron chi connectivity index (χ3n) is 2.32. The van der Waals surface area contributed by atoms with Crippen LogP contribution in [0.3, 0.4) is 0 Å². The van der Waals surface area contributed by atoms with Gasteiger partial charge in [-0.15, -0.1) is 0 Å². The van der Waals surface area contributed by atoms with E-state index in [1.165, 1.54) is 0 Å². The first-order chi connectivity index (χ1) is 6.86. The maximum atomic E-state index is 4.38. The molecule has 0 bridgehead atoms. The van der Waals surface area contributed by atoms with Crippen LogP contribution in [0.5, 0.6) is 0 Å². The number of halogens is 1. The van der Waals surface area contributed by atoms with Gasteiger partial charge in [0, 0.05) is 0 Å². The van der Waals surface area contributed by atoms with Crippen LogP contribution in [0, 0.1) is 0 Å². The van der Waals surface area contributed by atoms with Crippen LogP contribution in [0.4, 0.5) is 0 Å². The van der Waals surface area contributed by atoms with Crippen molar-refractivity contribution in [3.05, 3.63) is 47.2 Å². The van der Waals surface area contributed by atoms with E-state index in [-0.39, 0.29) is 0 Å². The molecule has 68 valence electrons. The second-order valence-electron chi connectivity index (χ2n) is 3.16. The lowest BCUT2D eigenvalue weighted by Crippen LogP contribution is -1.89. The fourth-order valence-corrected chi connectivity index (χ4v) is 2.21. The maximum absolute atomic E-state index is 4.38. The summed E-state index contributed by atoms with van der Waals surface area (Å²) in [5.41, 5.74) is 3.24. The molecule has 0 radical (unpaired) electrons. The predicted molar refractivity (Wildman–Crippen MR) is 60.4 cm³/mol. The van der Waals surface area contributed by atoms with Crippen LogP contribution in [0.1, 0.15) is 0 Å². The number of aromatic nitrogens is 2. The normalized spacial score (nSPS) is 11.2. The molecule has 0 spiro atoms. The molecule has 2 aromatic heterocycles. The van der Waals surface area contributed by atoms with E-state index in [2.05, 4.69) is 31.4 Å². The topological polar surface area (TPSA) is 17.3 Å². The highest BCUT2D eigenvalue weighted by Crippen LogP contribution is 2.21. The summed E-state index contributed by atoms with van der Waals surface area (Å²) in [5.74, 6) is 0. The van der Waals surface area contributed by atoms with Gasteiger partial charge < -0.3 is 4.40 Å². The Bertz CT molecular complexity index is 613. The van der Waals surface area contributed by atoms with E-state index >= 15 is 0 Å². The molecule has 0 amide bonds. The van der Waals surface area contributed by atoms with Crippen LogP contribution in [0.25, 0.3) is 16.6 Å². The maximum Gasteiger partial charge on any atom is 0.0898 e. The summed E-state index contributed by atoms with van der Waals surface area (Å²) in [5, 5.41) is 0. The van der Waals surface area contributed by atoms with Gasteiger partial charge in [-0.05, 0) is 40.2 Å². The smallest absolute Gasteiger partial charge is 0.0898 e. The summed E-state index contributed by atoms with van der Waals surface area (Å²) in [6, 6.07) is 12.2. The molecule has 2 heterocycles. The highest BCUT2D eigenvalue weighted by molar-refractivity contribution is 9.10.